The van der Waals surface area contributed by atoms with E-state index in [9.17, 15) is 14.4 Å². The first kappa shape index (κ1) is 33.9. The zero-order chi connectivity index (χ0) is 32.6. The Hall–Kier alpha value is -3.45. The number of aliphatic carboxylic acids is 1. The van der Waals surface area contributed by atoms with Crippen LogP contribution in [-0.2, 0) is 25.5 Å². The van der Waals surface area contributed by atoms with Crippen LogP contribution in [-0.4, -0.2) is 83.0 Å². The predicted octanol–water partition coefficient (Wildman–Crippen LogP) is 6.23. The highest BCUT2D eigenvalue weighted by atomic mass is 35.5. The Balaban J connectivity index is 1.29. The fraction of sp³-hybridized carbons (Fsp3) is 0.273. The number of carboxylic acids is 1. The predicted molar refractivity (Wildman–Crippen MR) is 186 cm³/mol. The summed E-state index contributed by atoms with van der Waals surface area (Å²) in [5, 5.41) is 12.7. The molecule has 2 heterocycles. The van der Waals surface area contributed by atoms with Crippen molar-refractivity contribution in [3.8, 4) is 16.9 Å². The molecule has 2 aliphatic heterocycles. The van der Waals surface area contributed by atoms with Crippen molar-refractivity contribution in [3.63, 3.8) is 0 Å². The summed E-state index contributed by atoms with van der Waals surface area (Å²) in [4.78, 5) is 41.3. The number of hydrogen-bond donors (Lipinski definition) is 2. The molecule has 3 aromatic rings. The largest absolute Gasteiger partial charge is 0.492 e. The SMILES string of the molecule is O=C(O)Cc1cccc(NC(=O)CCN2C(=O)/C(=C/c3cc(-c4ccc(Cl)c(Cl)c4)ccc3OCCN3CCOCC3)SC2=S)c1. The molecular weight excluding hydrogens is 669 g/mol. The molecular formula is C33H31Cl2N3O6S2. The summed E-state index contributed by atoms with van der Waals surface area (Å²) in [5.74, 6) is -0.966. The molecule has 13 heteroatoms. The summed E-state index contributed by atoms with van der Waals surface area (Å²) in [5.41, 5.74) is 3.48. The van der Waals surface area contributed by atoms with Crippen LogP contribution in [0.2, 0.25) is 10.0 Å². The molecule has 0 radical (unpaired) electrons. The van der Waals surface area contributed by atoms with Crippen LogP contribution >= 0.6 is 47.2 Å². The van der Waals surface area contributed by atoms with Gasteiger partial charge in [0.05, 0.1) is 34.6 Å². The van der Waals surface area contributed by atoms with Gasteiger partial charge in [-0.1, -0.05) is 71.4 Å². The number of nitrogens with zero attached hydrogens (tertiary/aromatic N) is 2. The third-order valence-electron chi connectivity index (χ3n) is 7.32. The summed E-state index contributed by atoms with van der Waals surface area (Å²) in [6.07, 6.45) is 1.62. The Morgan fingerprint density at radius 2 is 1.78 bits per heavy atom. The number of carboxylic acid groups (broad SMARTS) is 1. The van der Waals surface area contributed by atoms with Gasteiger partial charge in [-0.3, -0.25) is 24.2 Å². The van der Waals surface area contributed by atoms with Crippen molar-refractivity contribution in [1.29, 1.82) is 0 Å². The van der Waals surface area contributed by atoms with E-state index in [1.165, 1.54) is 16.7 Å². The van der Waals surface area contributed by atoms with E-state index in [2.05, 4.69) is 10.2 Å². The minimum atomic E-state index is -0.960. The van der Waals surface area contributed by atoms with E-state index >= 15 is 0 Å². The highest BCUT2D eigenvalue weighted by molar-refractivity contribution is 8.26. The molecule has 46 heavy (non-hydrogen) atoms. The third kappa shape index (κ3) is 9.09. The lowest BCUT2D eigenvalue weighted by atomic mass is 10.0. The van der Waals surface area contributed by atoms with Crippen molar-refractivity contribution in [3.05, 3.63) is 86.7 Å². The lowest BCUT2D eigenvalue weighted by Gasteiger charge is -2.26. The molecule has 2 saturated heterocycles. The molecule has 240 valence electrons. The van der Waals surface area contributed by atoms with Crippen molar-refractivity contribution >= 4 is 81.0 Å². The molecule has 0 unspecified atom stereocenters. The van der Waals surface area contributed by atoms with E-state index in [0.717, 1.165) is 30.8 Å². The first-order chi connectivity index (χ1) is 22.2. The number of thiocarbonyl (C=S) groups is 1. The van der Waals surface area contributed by atoms with Gasteiger partial charge in [0.2, 0.25) is 5.91 Å². The van der Waals surface area contributed by atoms with E-state index in [0.29, 0.717) is 61.7 Å². The summed E-state index contributed by atoms with van der Waals surface area (Å²) in [6, 6.07) is 17.8. The van der Waals surface area contributed by atoms with Gasteiger partial charge in [0.1, 0.15) is 16.7 Å². The topological polar surface area (TPSA) is 108 Å². The van der Waals surface area contributed by atoms with Gasteiger partial charge in [-0.15, -0.1) is 0 Å². The van der Waals surface area contributed by atoms with Crippen LogP contribution in [0.5, 0.6) is 5.75 Å². The van der Waals surface area contributed by atoms with Crippen LogP contribution < -0.4 is 10.1 Å². The second-order valence-corrected chi connectivity index (χ2v) is 13.1. The summed E-state index contributed by atoms with van der Waals surface area (Å²) in [6.45, 7) is 4.40. The minimum absolute atomic E-state index is 0.00555. The zero-order valence-corrected chi connectivity index (χ0v) is 27.8. The lowest BCUT2D eigenvalue weighted by molar-refractivity contribution is -0.136. The van der Waals surface area contributed by atoms with E-state index in [4.69, 9.17) is 50.0 Å². The second-order valence-electron chi connectivity index (χ2n) is 10.6. The quantitative estimate of drug-likeness (QED) is 0.168. The molecule has 0 bridgehead atoms. The molecule has 2 amide bonds. The van der Waals surface area contributed by atoms with Gasteiger partial charge in [0, 0.05) is 43.9 Å². The van der Waals surface area contributed by atoms with Crippen LogP contribution in [0.1, 0.15) is 17.5 Å². The molecule has 2 aliphatic rings. The Morgan fingerprint density at radius 1 is 1.02 bits per heavy atom. The first-order valence-corrected chi connectivity index (χ1v) is 16.5. The molecule has 0 atom stereocenters. The van der Waals surface area contributed by atoms with Gasteiger partial charge in [-0.05, 0) is 59.2 Å². The Labute approximate surface area is 286 Å². The number of rotatable bonds is 12. The maximum Gasteiger partial charge on any atom is 0.307 e. The number of nitrogens with one attached hydrogen (secondary N) is 1. The third-order valence-corrected chi connectivity index (χ3v) is 9.44. The number of amides is 2. The number of halogens is 2. The monoisotopic (exact) mass is 699 g/mol. The molecule has 9 nitrogen and oxygen atoms in total. The zero-order valence-electron chi connectivity index (χ0n) is 24.7. The summed E-state index contributed by atoms with van der Waals surface area (Å²) in [7, 11) is 0. The minimum Gasteiger partial charge on any atom is -0.492 e. The molecule has 0 spiro atoms. The summed E-state index contributed by atoms with van der Waals surface area (Å²) < 4.78 is 12.0. The number of morpholine rings is 1. The highest BCUT2D eigenvalue weighted by Gasteiger charge is 2.32. The molecule has 0 saturated carbocycles. The van der Waals surface area contributed by atoms with Crippen molar-refractivity contribution < 1.29 is 29.0 Å². The smallest absolute Gasteiger partial charge is 0.307 e. The molecule has 2 fully saturated rings. The van der Waals surface area contributed by atoms with Crippen LogP contribution in [0.15, 0.2) is 65.6 Å². The normalized spacial score (nSPS) is 16.2. The summed E-state index contributed by atoms with van der Waals surface area (Å²) >= 11 is 19.1. The maximum atomic E-state index is 13.5. The van der Waals surface area contributed by atoms with Crippen LogP contribution in [0.4, 0.5) is 5.69 Å². The van der Waals surface area contributed by atoms with E-state index < -0.39 is 5.97 Å². The van der Waals surface area contributed by atoms with Crippen molar-refractivity contribution in [2.75, 3.05) is 51.3 Å². The van der Waals surface area contributed by atoms with E-state index in [1.807, 2.05) is 24.3 Å². The Bertz CT molecular complexity index is 1680. The number of ether oxygens (including phenoxy) is 2. The van der Waals surface area contributed by atoms with E-state index in [1.54, 1.807) is 42.5 Å². The van der Waals surface area contributed by atoms with Gasteiger partial charge < -0.3 is 19.9 Å². The van der Waals surface area contributed by atoms with Gasteiger partial charge in [0.15, 0.2) is 0 Å². The maximum absolute atomic E-state index is 13.5. The Kier molecular flexibility index (Phi) is 11.7. The molecule has 3 aromatic carbocycles. The fourth-order valence-electron chi connectivity index (χ4n) is 4.96. The number of anilines is 1. The van der Waals surface area contributed by atoms with Gasteiger partial charge in [-0.25, -0.2) is 0 Å². The number of carbonyl (C=O) groups is 3. The fourth-order valence-corrected chi connectivity index (χ4v) is 6.56. The number of thioether (sulfide) groups is 1. The van der Waals surface area contributed by atoms with Gasteiger partial charge in [-0.2, -0.15) is 0 Å². The van der Waals surface area contributed by atoms with Gasteiger partial charge in [0.25, 0.3) is 5.91 Å². The molecule has 0 aliphatic carbocycles. The first-order valence-electron chi connectivity index (χ1n) is 14.5. The second kappa shape index (κ2) is 15.9. The van der Waals surface area contributed by atoms with Crippen LogP contribution in [0.3, 0.4) is 0 Å². The van der Waals surface area contributed by atoms with Crippen molar-refractivity contribution in [2.45, 2.75) is 12.8 Å². The molecule has 5 rings (SSSR count). The molecule has 2 N–H and O–H groups in total. The van der Waals surface area contributed by atoms with Crippen molar-refractivity contribution in [2.24, 2.45) is 0 Å². The average molecular weight is 701 g/mol. The molecule has 0 aromatic heterocycles. The van der Waals surface area contributed by atoms with E-state index in [-0.39, 0.29) is 31.2 Å². The van der Waals surface area contributed by atoms with Crippen LogP contribution in [0, 0.1) is 0 Å². The van der Waals surface area contributed by atoms with Crippen LogP contribution in [0.25, 0.3) is 17.2 Å². The van der Waals surface area contributed by atoms with Crippen molar-refractivity contribution in [1.82, 2.24) is 9.80 Å². The Morgan fingerprint density at radius 3 is 2.54 bits per heavy atom. The lowest BCUT2D eigenvalue weighted by Crippen LogP contribution is -2.38. The number of hydrogen-bond acceptors (Lipinski definition) is 8. The highest BCUT2D eigenvalue weighted by Crippen LogP contribution is 2.37. The number of carbonyl (C=O) groups excluding carboxylic acids is 2. The number of benzene rings is 3. The standard InChI is InChI=1S/C33H31Cl2N3O6S2/c34-26-6-4-23(19-27(26)35)22-5-7-28(44-15-12-37-10-13-43-14-11-37)24(18-22)20-29-32(42)38(33(45)46-29)9-8-30(39)36-25-3-1-2-21(16-25)17-31(40)41/h1-7,16,18-20H,8-15,17H2,(H,36,39)(H,40,41)/b29-20-. The van der Waals surface area contributed by atoms with Gasteiger partial charge >= 0.3 is 5.97 Å². The average Bonchev–Trinajstić information content (AvgIpc) is 3.29.